The first-order chi connectivity index (χ1) is 22.2. The van der Waals surface area contributed by atoms with Gasteiger partial charge in [0.2, 0.25) is 9.03 Å². The van der Waals surface area contributed by atoms with E-state index in [9.17, 15) is 5.11 Å². The lowest BCUT2D eigenvalue weighted by molar-refractivity contribution is 0.301. The molecule has 2 aliphatic carbocycles. The Kier molecular flexibility index (Phi) is 12.9. The van der Waals surface area contributed by atoms with Crippen LogP contribution in [0.5, 0.6) is 11.5 Å². The minimum absolute atomic E-state index is 0.0667. The first kappa shape index (κ1) is 39.6. The molecule has 2 fully saturated rings. The van der Waals surface area contributed by atoms with Gasteiger partial charge in [0.05, 0.1) is 6.61 Å². The third-order valence-corrected chi connectivity index (χ3v) is 15.4. The van der Waals surface area contributed by atoms with Crippen LogP contribution < -0.4 is 4.52 Å². The van der Waals surface area contributed by atoms with Gasteiger partial charge in [0.15, 0.2) is 0 Å². The van der Waals surface area contributed by atoms with E-state index in [4.69, 9.17) is 9.05 Å². The summed E-state index contributed by atoms with van der Waals surface area (Å²) in [5.74, 6) is 1.89. The highest BCUT2D eigenvalue weighted by Gasteiger charge is 2.34. The van der Waals surface area contributed by atoms with Crippen molar-refractivity contribution in [2.75, 3.05) is 12.8 Å². The molecule has 0 heterocycles. The van der Waals surface area contributed by atoms with Gasteiger partial charge in [-0.25, -0.2) is 0 Å². The van der Waals surface area contributed by atoms with Gasteiger partial charge < -0.3 is 14.2 Å². The maximum atomic E-state index is 12.0. The van der Waals surface area contributed by atoms with Crippen LogP contribution in [0.4, 0.5) is 0 Å². The van der Waals surface area contributed by atoms with E-state index in [1.54, 1.807) is 0 Å². The van der Waals surface area contributed by atoms with Gasteiger partial charge in [0.1, 0.15) is 11.5 Å². The summed E-state index contributed by atoms with van der Waals surface area (Å²) in [5, 5.41) is 12.0. The van der Waals surface area contributed by atoms with E-state index in [0.29, 0.717) is 11.7 Å². The fourth-order valence-electron chi connectivity index (χ4n) is 7.67. The second kappa shape index (κ2) is 15.6. The Hall–Kier alpha value is -1.14. The average molecular weight is 697 g/mol. The van der Waals surface area contributed by atoms with Crippen molar-refractivity contribution in [3.8, 4) is 22.6 Å². The predicted molar refractivity (Wildman–Crippen MR) is 213 cm³/mol. The molecular formula is C43H70O3P2. The van der Waals surface area contributed by atoms with Gasteiger partial charge in [-0.1, -0.05) is 128 Å². The van der Waals surface area contributed by atoms with E-state index in [1.165, 1.54) is 68.7 Å². The number of benzene rings is 2. The zero-order valence-electron chi connectivity index (χ0n) is 33.0. The molecule has 0 amide bonds. The van der Waals surface area contributed by atoms with Crippen molar-refractivity contribution in [2.45, 2.75) is 181 Å². The van der Waals surface area contributed by atoms with Crippen molar-refractivity contribution in [3.05, 3.63) is 46.5 Å². The van der Waals surface area contributed by atoms with Gasteiger partial charge in [-0.2, -0.15) is 0 Å². The topological polar surface area (TPSA) is 38.7 Å². The lowest BCUT2D eigenvalue weighted by atomic mass is 9.75. The maximum Gasteiger partial charge on any atom is 0.215 e. The molecule has 270 valence electrons. The second-order valence-electron chi connectivity index (χ2n) is 19.3. The fourth-order valence-corrected chi connectivity index (χ4v) is 12.4. The summed E-state index contributed by atoms with van der Waals surface area (Å²) in [6.45, 7) is 30.1. The van der Waals surface area contributed by atoms with Crippen molar-refractivity contribution >= 4 is 17.0 Å². The molecule has 2 aromatic rings. The monoisotopic (exact) mass is 696 g/mol. The van der Waals surface area contributed by atoms with E-state index in [0.717, 1.165) is 52.3 Å². The Labute approximate surface area is 298 Å². The predicted octanol–water partition coefficient (Wildman–Crippen LogP) is 13.5. The molecule has 2 unspecified atom stereocenters. The first-order valence-corrected chi connectivity index (χ1v) is 21.5. The van der Waals surface area contributed by atoms with E-state index in [2.05, 4.69) is 114 Å². The van der Waals surface area contributed by atoms with E-state index < -0.39 is 0 Å². The van der Waals surface area contributed by atoms with Crippen LogP contribution in [-0.4, -0.2) is 29.2 Å². The van der Waals surface area contributed by atoms with Crippen LogP contribution in [0.15, 0.2) is 24.3 Å². The fraction of sp³-hybridized carbons (Fsp3) is 0.721. The molecule has 0 bridgehead atoms. The Morgan fingerprint density at radius 1 is 0.688 bits per heavy atom. The van der Waals surface area contributed by atoms with Crippen LogP contribution in [-0.2, 0) is 26.2 Å². The van der Waals surface area contributed by atoms with Gasteiger partial charge in [-0.05, 0) is 100 Å². The highest BCUT2D eigenvalue weighted by molar-refractivity contribution is 7.59. The number of phenolic OH excluding ortho intramolecular Hbond substituents is 1. The summed E-state index contributed by atoms with van der Waals surface area (Å²) in [5.41, 5.74) is 7.93. The van der Waals surface area contributed by atoms with Crippen molar-refractivity contribution in [1.82, 2.24) is 0 Å². The van der Waals surface area contributed by atoms with Crippen LogP contribution in [0.2, 0.25) is 0 Å². The number of rotatable bonds is 11. The van der Waals surface area contributed by atoms with Crippen molar-refractivity contribution in [1.29, 1.82) is 0 Å². The molecule has 2 aromatic carbocycles. The lowest BCUT2D eigenvalue weighted by Gasteiger charge is -2.32. The highest BCUT2D eigenvalue weighted by atomic mass is 31.1. The van der Waals surface area contributed by atoms with Gasteiger partial charge in [0.25, 0.3) is 0 Å². The van der Waals surface area contributed by atoms with E-state index >= 15 is 0 Å². The number of phenols is 1. The summed E-state index contributed by atoms with van der Waals surface area (Å²) in [6, 6.07) is 8.99. The van der Waals surface area contributed by atoms with Crippen LogP contribution in [0.1, 0.15) is 170 Å². The van der Waals surface area contributed by atoms with Crippen LogP contribution >= 0.6 is 17.0 Å². The number of aromatic hydroxyl groups is 1. The molecule has 1 N–H and O–H groups in total. The SMILES string of the molecule is CC(CCOPOc1c(-c2cc(C(C)(C)C)cc(C(C)(C)C)c2O)cc(C(C)(C)C)cc1C(C)(C)C)CP(C1CCCC1)C1CCCC1. The zero-order chi connectivity index (χ0) is 35.7. The maximum absolute atomic E-state index is 12.0. The molecule has 0 radical (unpaired) electrons. The number of hydrogen-bond donors (Lipinski definition) is 1. The molecular weight excluding hydrogens is 626 g/mol. The van der Waals surface area contributed by atoms with Crippen LogP contribution in [0.3, 0.4) is 0 Å². The van der Waals surface area contributed by atoms with Crippen LogP contribution in [0, 0.1) is 5.92 Å². The van der Waals surface area contributed by atoms with Gasteiger partial charge in [-0.15, -0.1) is 7.92 Å². The molecule has 5 heteroatoms. The van der Waals surface area contributed by atoms with Crippen molar-refractivity contribution in [2.24, 2.45) is 5.92 Å². The second-order valence-corrected chi connectivity index (χ2v) is 22.8. The van der Waals surface area contributed by atoms with Crippen molar-refractivity contribution < 1.29 is 14.2 Å². The van der Waals surface area contributed by atoms with E-state index in [1.807, 2.05) is 0 Å². The summed E-state index contributed by atoms with van der Waals surface area (Å²) >= 11 is 0. The van der Waals surface area contributed by atoms with Crippen LogP contribution in [0.25, 0.3) is 11.1 Å². The molecule has 3 nitrogen and oxygen atoms in total. The standard InChI is InChI=1S/C43H70O3P2/c1-29(28-48(32-18-14-15-19-32)33-20-16-17-21-33)22-23-45-47-46-39-35(25-31(41(5,6)7)27-37(39)43(11,12)13)34-24-30(40(2,3)4)26-36(38(34)44)42(8,9)10/h24-27,29,32-33,44,47H,14-23,28H2,1-13H3. The third kappa shape index (κ3) is 10.0. The third-order valence-electron chi connectivity index (χ3n) is 10.9. The quantitative estimate of drug-likeness (QED) is 0.188. The molecule has 0 aliphatic heterocycles. The minimum Gasteiger partial charge on any atom is -0.507 e. The highest BCUT2D eigenvalue weighted by Crippen LogP contribution is 2.58. The molecule has 48 heavy (non-hydrogen) atoms. The smallest absolute Gasteiger partial charge is 0.215 e. The van der Waals surface area contributed by atoms with Gasteiger partial charge in [0, 0.05) is 22.3 Å². The van der Waals surface area contributed by atoms with Crippen molar-refractivity contribution in [3.63, 3.8) is 0 Å². The average Bonchev–Trinajstić information content (AvgIpc) is 3.69. The molecule has 0 saturated heterocycles. The molecule has 2 atom stereocenters. The summed E-state index contributed by atoms with van der Waals surface area (Å²) < 4.78 is 13.1. The van der Waals surface area contributed by atoms with Gasteiger partial charge in [-0.3, -0.25) is 0 Å². The molecule has 0 spiro atoms. The Balaban J connectivity index is 1.62. The number of hydrogen-bond acceptors (Lipinski definition) is 3. The Bertz CT molecular complexity index is 1340. The summed E-state index contributed by atoms with van der Waals surface area (Å²) in [6.07, 6.45) is 14.3. The lowest BCUT2D eigenvalue weighted by Crippen LogP contribution is -2.19. The molecule has 2 aliphatic rings. The normalized spacial score (nSPS) is 18.1. The Morgan fingerprint density at radius 3 is 1.60 bits per heavy atom. The van der Waals surface area contributed by atoms with Gasteiger partial charge >= 0.3 is 0 Å². The molecule has 2 saturated carbocycles. The summed E-state index contributed by atoms with van der Waals surface area (Å²) in [7, 11) is 0.0521. The molecule has 0 aromatic heterocycles. The minimum atomic E-state index is -0.215. The van der Waals surface area contributed by atoms with E-state index in [-0.39, 0.29) is 38.6 Å². The Morgan fingerprint density at radius 2 is 1.15 bits per heavy atom. The summed E-state index contributed by atoms with van der Waals surface area (Å²) in [4.78, 5) is 0. The zero-order valence-corrected chi connectivity index (χ0v) is 34.9. The largest absolute Gasteiger partial charge is 0.507 e. The first-order valence-electron chi connectivity index (χ1n) is 19.0. The molecule has 4 rings (SSSR count).